The highest BCUT2D eigenvalue weighted by molar-refractivity contribution is 5.78. The third-order valence-corrected chi connectivity index (χ3v) is 3.78. The Morgan fingerprint density at radius 1 is 1.23 bits per heavy atom. The smallest absolute Gasteiger partial charge is 0.259 e. The van der Waals surface area contributed by atoms with E-state index in [1.54, 1.807) is 29.2 Å². The van der Waals surface area contributed by atoms with E-state index in [-0.39, 0.29) is 12.5 Å². The van der Waals surface area contributed by atoms with Crippen molar-refractivity contribution in [3.8, 4) is 17.5 Å². The molecule has 2 aromatic carbocycles. The Balaban J connectivity index is 1.60. The number of amides is 1. The third kappa shape index (κ3) is 4.28. The van der Waals surface area contributed by atoms with E-state index in [9.17, 15) is 10.1 Å². The molecule has 130 valence electrons. The van der Waals surface area contributed by atoms with Crippen molar-refractivity contribution in [3.05, 3.63) is 78.1 Å². The van der Waals surface area contributed by atoms with Gasteiger partial charge < -0.3 is 10.1 Å². The lowest BCUT2D eigenvalue weighted by Crippen LogP contribution is -2.31. The molecular formula is C20H18N4O2. The molecule has 0 saturated heterocycles. The Morgan fingerprint density at radius 2 is 1.96 bits per heavy atom. The van der Waals surface area contributed by atoms with Gasteiger partial charge in [0.15, 0.2) is 6.61 Å². The van der Waals surface area contributed by atoms with Gasteiger partial charge in [0.1, 0.15) is 11.8 Å². The zero-order chi connectivity index (χ0) is 18.4. The summed E-state index contributed by atoms with van der Waals surface area (Å²) in [5, 5.41) is 16.3. The maximum atomic E-state index is 12.1. The molecule has 1 heterocycles. The van der Waals surface area contributed by atoms with Crippen LogP contribution in [0.1, 0.15) is 17.2 Å². The Labute approximate surface area is 151 Å². The number of nitrogens with one attached hydrogen (secondary N) is 1. The van der Waals surface area contributed by atoms with Gasteiger partial charge in [-0.1, -0.05) is 35.9 Å². The van der Waals surface area contributed by atoms with Crippen molar-refractivity contribution in [3.63, 3.8) is 0 Å². The Morgan fingerprint density at radius 3 is 2.65 bits per heavy atom. The summed E-state index contributed by atoms with van der Waals surface area (Å²) in [5.74, 6) is 0.237. The van der Waals surface area contributed by atoms with Crippen LogP contribution in [0.25, 0.3) is 5.69 Å². The van der Waals surface area contributed by atoms with Gasteiger partial charge in [-0.05, 0) is 31.2 Å². The quantitative estimate of drug-likeness (QED) is 0.744. The molecule has 3 rings (SSSR count). The second kappa shape index (κ2) is 7.99. The molecule has 1 atom stereocenters. The van der Waals surface area contributed by atoms with E-state index in [1.807, 2.05) is 49.4 Å². The van der Waals surface area contributed by atoms with Crippen LogP contribution in [0, 0.1) is 18.3 Å². The molecule has 1 amide bonds. The predicted molar refractivity (Wildman–Crippen MR) is 96.7 cm³/mol. The molecule has 0 aliphatic carbocycles. The largest absolute Gasteiger partial charge is 0.484 e. The number of aryl methyl sites for hydroxylation is 1. The first-order chi connectivity index (χ1) is 12.7. The van der Waals surface area contributed by atoms with E-state index in [0.29, 0.717) is 11.3 Å². The molecule has 0 aliphatic heterocycles. The molecule has 3 aromatic rings. The lowest BCUT2D eigenvalue weighted by atomic mass is 10.2. The molecule has 6 nitrogen and oxygen atoms in total. The number of nitrogens with zero attached hydrogens (tertiary/aromatic N) is 3. The average Bonchev–Trinajstić information content (AvgIpc) is 3.16. The normalized spacial score (nSPS) is 11.4. The van der Waals surface area contributed by atoms with Crippen LogP contribution >= 0.6 is 0 Å². The molecule has 0 spiro atoms. The Bertz CT molecular complexity index is 911. The zero-order valence-corrected chi connectivity index (χ0v) is 14.3. The summed E-state index contributed by atoms with van der Waals surface area (Å²) < 4.78 is 7.10. The number of nitriles is 1. The van der Waals surface area contributed by atoms with Gasteiger partial charge in [-0.15, -0.1) is 0 Å². The number of rotatable bonds is 6. The van der Waals surface area contributed by atoms with Crippen molar-refractivity contribution in [2.75, 3.05) is 6.61 Å². The number of ether oxygens (including phenoxy) is 1. The van der Waals surface area contributed by atoms with Gasteiger partial charge in [0.25, 0.3) is 5.91 Å². The third-order valence-electron chi connectivity index (χ3n) is 3.78. The van der Waals surface area contributed by atoms with E-state index >= 15 is 0 Å². The summed E-state index contributed by atoms with van der Waals surface area (Å²) in [5.41, 5.74) is 2.60. The number of carbonyl (C=O) groups excluding carboxylic acids is 1. The minimum absolute atomic E-state index is 0.159. The highest BCUT2D eigenvalue weighted by Gasteiger charge is 2.16. The number of hydrogen-bond donors (Lipinski definition) is 1. The van der Waals surface area contributed by atoms with Crippen LogP contribution in [0.3, 0.4) is 0 Å². The van der Waals surface area contributed by atoms with Gasteiger partial charge in [0, 0.05) is 11.8 Å². The lowest BCUT2D eigenvalue weighted by molar-refractivity contribution is -0.123. The molecule has 0 aliphatic rings. The molecule has 1 N–H and O–H groups in total. The van der Waals surface area contributed by atoms with E-state index in [2.05, 4.69) is 16.5 Å². The van der Waals surface area contributed by atoms with E-state index in [1.165, 1.54) is 0 Å². The van der Waals surface area contributed by atoms with Crippen molar-refractivity contribution < 1.29 is 9.53 Å². The summed E-state index contributed by atoms with van der Waals surface area (Å²) in [6, 6.07) is 18.2. The van der Waals surface area contributed by atoms with Gasteiger partial charge in [-0.3, -0.25) is 4.79 Å². The van der Waals surface area contributed by atoms with E-state index in [0.717, 1.165) is 11.3 Å². The second-order valence-corrected chi connectivity index (χ2v) is 5.79. The molecule has 26 heavy (non-hydrogen) atoms. The fourth-order valence-electron chi connectivity index (χ4n) is 2.38. The molecule has 1 aromatic heterocycles. The Kier molecular flexibility index (Phi) is 5.30. The maximum Gasteiger partial charge on any atom is 0.259 e. The SMILES string of the molecule is Cc1ccc(OCC(=O)N[C@H](C#N)c2cnn(-c3ccccc3)c2)cc1. The zero-order valence-electron chi connectivity index (χ0n) is 14.3. The molecule has 0 bridgehead atoms. The summed E-state index contributed by atoms with van der Waals surface area (Å²) >= 11 is 0. The summed E-state index contributed by atoms with van der Waals surface area (Å²) in [7, 11) is 0. The van der Waals surface area contributed by atoms with Gasteiger partial charge >= 0.3 is 0 Å². The van der Waals surface area contributed by atoms with Gasteiger partial charge in [0.05, 0.1) is 18.0 Å². The van der Waals surface area contributed by atoms with Crippen molar-refractivity contribution in [2.45, 2.75) is 13.0 Å². The van der Waals surface area contributed by atoms with Crippen LogP contribution in [0.4, 0.5) is 0 Å². The predicted octanol–water partition coefficient (Wildman–Crippen LogP) is 2.94. The minimum atomic E-state index is -0.790. The molecule has 0 radical (unpaired) electrons. The minimum Gasteiger partial charge on any atom is -0.484 e. The number of benzene rings is 2. The first-order valence-electron chi connectivity index (χ1n) is 8.14. The van der Waals surface area contributed by atoms with E-state index in [4.69, 9.17) is 4.74 Å². The summed E-state index contributed by atoms with van der Waals surface area (Å²) in [6.07, 6.45) is 3.30. The number of hydrogen-bond acceptors (Lipinski definition) is 4. The first kappa shape index (κ1) is 17.2. The summed E-state index contributed by atoms with van der Waals surface area (Å²) in [4.78, 5) is 12.1. The van der Waals surface area contributed by atoms with Crippen molar-refractivity contribution >= 4 is 5.91 Å². The van der Waals surface area contributed by atoms with Crippen molar-refractivity contribution in [2.24, 2.45) is 0 Å². The van der Waals surface area contributed by atoms with Gasteiger partial charge in [-0.2, -0.15) is 10.4 Å². The van der Waals surface area contributed by atoms with Crippen molar-refractivity contribution in [1.82, 2.24) is 15.1 Å². The van der Waals surface area contributed by atoms with Crippen LogP contribution in [0.15, 0.2) is 67.0 Å². The number of para-hydroxylation sites is 1. The molecule has 0 fully saturated rings. The van der Waals surface area contributed by atoms with Gasteiger partial charge in [-0.25, -0.2) is 4.68 Å². The fourth-order valence-corrected chi connectivity index (χ4v) is 2.38. The lowest BCUT2D eigenvalue weighted by Gasteiger charge is -2.11. The highest BCUT2D eigenvalue weighted by Crippen LogP contribution is 2.15. The monoisotopic (exact) mass is 346 g/mol. The fraction of sp³-hybridized carbons (Fsp3) is 0.150. The Hall–Kier alpha value is -3.59. The summed E-state index contributed by atoms with van der Waals surface area (Å²) in [6.45, 7) is 1.82. The standard InChI is InChI=1S/C20H18N4O2/c1-15-7-9-18(10-8-15)26-14-20(25)23-19(11-21)16-12-22-24(13-16)17-5-3-2-4-6-17/h2-10,12-13,19H,14H2,1H3,(H,23,25)/t19-/m1/s1. The molecule has 0 unspecified atom stereocenters. The topological polar surface area (TPSA) is 79.9 Å². The van der Waals surface area contributed by atoms with E-state index < -0.39 is 6.04 Å². The van der Waals surface area contributed by atoms with Crippen LogP contribution in [0.2, 0.25) is 0 Å². The van der Waals surface area contributed by atoms with Crippen molar-refractivity contribution in [1.29, 1.82) is 5.26 Å². The highest BCUT2D eigenvalue weighted by atomic mass is 16.5. The van der Waals surface area contributed by atoms with Crippen LogP contribution < -0.4 is 10.1 Å². The second-order valence-electron chi connectivity index (χ2n) is 5.79. The van der Waals surface area contributed by atoms with Crippen LogP contribution in [-0.2, 0) is 4.79 Å². The maximum absolute atomic E-state index is 12.1. The number of carbonyl (C=O) groups is 1. The first-order valence-corrected chi connectivity index (χ1v) is 8.14. The van der Waals surface area contributed by atoms with Crippen LogP contribution in [0.5, 0.6) is 5.75 Å². The van der Waals surface area contributed by atoms with Crippen LogP contribution in [-0.4, -0.2) is 22.3 Å². The number of aromatic nitrogens is 2. The molecule has 0 saturated carbocycles. The molecule has 6 heteroatoms. The van der Waals surface area contributed by atoms with Gasteiger partial charge in [0.2, 0.25) is 0 Å². The molecular weight excluding hydrogens is 328 g/mol. The average molecular weight is 346 g/mol.